The molecule has 90 valence electrons. The molecule has 0 bridgehead atoms. The third kappa shape index (κ3) is 2.44. The summed E-state index contributed by atoms with van der Waals surface area (Å²) in [6.07, 6.45) is 4.13. The Kier molecular flexibility index (Phi) is 3.01. The molecule has 2 aromatic rings. The van der Waals surface area contributed by atoms with Crippen LogP contribution in [0.3, 0.4) is 0 Å². The fourth-order valence-electron chi connectivity index (χ4n) is 2.29. The molecule has 17 heavy (non-hydrogen) atoms. The molecule has 3 nitrogen and oxygen atoms in total. The van der Waals surface area contributed by atoms with Gasteiger partial charge in [-0.1, -0.05) is 0 Å². The smallest absolute Gasteiger partial charge is 0.137 e. The Morgan fingerprint density at radius 3 is 3.00 bits per heavy atom. The van der Waals surface area contributed by atoms with Crippen LogP contribution < -0.4 is 10.1 Å². The predicted octanol–water partition coefficient (Wildman–Crippen LogP) is 2.81. The second-order valence-corrected chi connectivity index (χ2v) is 4.62. The number of nitrogens with one attached hydrogen (secondary N) is 1. The van der Waals surface area contributed by atoms with Gasteiger partial charge in [-0.15, -0.1) is 0 Å². The summed E-state index contributed by atoms with van der Waals surface area (Å²) in [6, 6.07) is 7.98. The molecule has 3 heteroatoms. The molecule has 1 aliphatic heterocycles. The van der Waals surface area contributed by atoms with Gasteiger partial charge in [-0.05, 0) is 50.0 Å². The number of hydrogen-bond acceptors (Lipinski definition) is 3. The fraction of sp³-hybridized carbons (Fsp3) is 0.429. The first-order valence-corrected chi connectivity index (χ1v) is 6.22. The summed E-state index contributed by atoms with van der Waals surface area (Å²) in [5.74, 6) is 1.59. The van der Waals surface area contributed by atoms with Crippen LogP contribution in [0, 0.1) is 5.92 Å². The number of rotatable bonds is 3. The minimum atomic E-state index is 0.684. The Bertz CT molecular complexity index is 486. The molecule has 0 saturated carbocycles. The van der Waals surface area contributed by atoms with Crippen molar-refractivity contribution in [3.8, 4) is 5.75 Å². The van der Waals surface area contributed by atoms with Crippen LogP contribution in [0.2, 0.25) is 0 Å². The molecule has 1 saturated heterocycles. The summed E-state index contributed by atoms with van der Waals surface area (Å²) in [5, 5.41) is 4.49. The maximum atomic E-state index is 5.84. The van der Waals surface area contributed by atoms with Crippen molar-refractivity contribution >= 4 is 11.0 Å². The van der Waals surface area contributed by atoms with Crippen LogP contribution >= 0.6 is 0 Å². The van der Waals surface area contributed by atoms with Crippen molar-refractivity contribution < 1.29 is 9.15 Å². The van der Waals surface area contributed by atoms with Crippen molar-refractivity contribution in [2.45, 2.75) is 12.8 Å². The van der Waals surface area contributed by atoms with E-state index < -0.39 is 0 Å². The molecule has 0 amide bonds. The van der Waals surface area contributed by atoms with E-state index in [2.05, 4.69) is 5.32 Å². The highest BCUT2D eigenvalue weighted by atomic mass is 16.5. The van der Waals surface area contributed by atoms with Crippen LogP contribution in [-0.2, 0) is 0 Å². The van der Waals surface area contributed by atoms with E-state index in [0.29, 0.717) is 5.92 Å². The first-order chi connectivity index (χ1) is 8.42. The van der Waals surface area contributed by atoms with Gasteiger partial charge in [0.15, 0.2) is 0 Å². The number of fused-ring (bicyclic) bond motifs is 1. The lowest BCUT2D eigenvalue weighted by Crippen LogP contribution is -2.30. The lowest BCUT2D eigenvalue weighted by atomic mass is 9.99. The molecule has 1 aromatic carbocycles. The summed E-state index contributed by atoms with van der Waals surface area (Å²) in [6.45, 7) is 3.05. The van der Waals surface area contributed by atoms with E-state index in [1.807, 2.05) is 24.3 Å². The monoisotopic (exact) mass is 231 g/mol. The Morgan fingerprint density at radius 2 is 2.12 bits per heavy atom. The van der Waals surface area contributed by atoms with E-state index in [-0.39, 0.29) is 0 Å². The molecule has 1 aliphatic rings. The van der Waals surface area contributed by atoms with Gasteiger partial charge >= 0.3 is 0 Å². The van der Waals surface area contributed by atoms with Crippen molar-refractivity contribution in [1.82, 2.24) is 5.32 Å². The van der Waals surface area contributed by atoms with Crippen LogP contribution in [0.25, 0.3) is 11.0 Å². The number of ether oxygens (including phenoxy) is 1. The van der Waals surface area contributed by atoms with Gasteiger partial charge in [0.05, 0.1) is 12.9 Å². The van der Waals surface area contributed by atoms with Crippen LogP contribution in [0.1, 0.15) is 12.8 Å². The average Bonchev–Trinajstić information content (AvgIpc) is 2.85. The van der Waals surface area contributed by atoms with Gasteiger partial charge in [0.1, 0.15) is 11.3 Å². The molecule has 0 spiro atoms. The van der Waals surface area contributed by atoms with Crippen molar-refractivity contribution in [2.75, 3.05) is 19.7 Å². The maximum Gasteiger partial charge on any atom is 0.137 e. The van der Waals surface area contributed by atoms with Gasteiger partial charge in [-0.25, -0.2) is 0 Å². The van der Waals surface area contributed by atoms with Crippen molar-refractivity contribution in [3.05, 3.63) is 30.5 Å². The van der Waals surface area contributed by atoms with Gasteiger partial charge in [-0.3, -0.25) is 0 Å². The molecule has 2 heterocycles. The quantitative estimate of drug-likeness (QED) is 0.882. The van der Waals surface area contributed by atoms with Gasteiger partial charge in [0.2, 0.25) is 0 Å². The normalized spacial score (nSPS) is 17.4. The summed E-state index contributed by atoms with van der Waals surface area (Å²) in [4.78, 5) is 0. The van der Waals surface area contributed by atoms with Crippen molar-refractivity contribution in [2.24, 2.45) is 5.92 Å². The van der Waals surface area contributed by atoms with Gasteiger partial charge in [0, 0.05) is 11.5 Å². The van der Waals surface area contributed by atoms with Crippen LogP contribution in [0.5, 0.6) is 5.75 Å². The van der Waals surface area contributed by atoms with Gasteiger partial charge < -0.3 is 14.5 Å². The maximum absolute atomic E-state index is 5.84. The zero-order valence-electron chi connectivity index (χ0n) is 9.82. The summed E-state index contributed by atoms with van der Waals surface area (Å²) >= 11 is 0. The van der Waals surface area contributed by atoms with E-state index in [0.717, 1.165) is 36.4 Å². The number of benzene rings is 1. The summed E-state index contributed by atoms with van der Waals surface area (Å²) in [7, 11) is 0. The molecule has 1 N–H and O–H groups in total. The molecule has 3 rings (SSSR count). The average molecular weight is 231 g/mol. The SMILES string of the molecule is c1cc2ccc(OCC3CCNCC3)cc2o1. The van der Waals surface area contributed by atoms with E-state index in [9.17, 15) is 0 Å². The zero-order valence-corrected chi connectivity index (χ0v) is 9.82. The van der Waals surface area contributed by atoms with E-state index in [4.69, 9.17) is 9.15 Å². The minimum absolute atomic E-state index is 0.684. The standard InChI is InChI=1S/C14H17NO2/c1-2-13(9-14-12(1)5-8-16-14)17-10-11-3-6-15-7-4-11/h1-2,5,8-9,11,15H,3-4,6-7,10H2. The number of furan rings is 1. The third-order valence-corrected chi connectivity index (χ3v) is 3.37. The Balaban J connectivity index is 1.63. The van der Waals surface area contributed by atoms with Crippen LogP contribution in [0.15, 0.2) is 34.9 Å². The Morgan fingerprint density at radius 1 is 1.24 bits per heavy atom. The first kappa shape index (κ1) is 10.7. The van der Waals surface area contributed by atoms with E-state index >= 15 is 0 Å². The molecule has 0 atom stereocenters. The van der Waals surface area contributed by atoms with Crippen molar-refractivity contribution in [3.63, 3.8) is 0 Å². The molecule has 0 radical (unpaired) electrons. The lowest BCUT2D eigenvalue weighted by molar-refractivity contribution is 0.215. The summed E-state index contributed by atoms with van der Waals surface area (Å²) in [5.41, 5.74) is 0.896. The number of hydrogen-bond donors (Lipinski definition) is 1. The third-order valence-electron chi connectivity index (χ3n) is 3.37. The molecule has 1 aromatic heterocycles. The highest BCUT2D eigenvalue weighted by Gasteiger charge is 2.13. The second-order valence-electron chi connectivity index (χ2n) is 4.62. The van der Waals surface area contributed by atoms with Crippen molar-refractivity contribution in [1.29, 1.82) is 0 Å². The molecule has 0 aliphatic carbocycles. The Labute approximate surface area is 101 Å². The Hall–Kier alpha value is -1.48. The molecular formula is C14H17NO2. The lowest BCUT2D eigenvalue weighted by Gasteiger charge is -2.22. The topological polar surface area (TPSA) is 34.4 Å². The predicted molar refractivity (Wildman–Crippen MR) is 67.3 cm³/mol. The molecule has 1 fully saturated rings. The largest absolute Gasteiger partial charge is 0.493 e. The first-order valence-electron chi connectivity index (χ1n) is 6.22. The van der Waals surface area contributed by atoms with Gasteiger partial charge in [-0.2, -0.15) is 0 Å². The zero-order chi connectivity index (χ0) is 11.5. The summed E-state index contributed by atoms with van der Waals surface area (Å²) < 4.78 is 11.2. The fourth-order valence-corrected chi connectivity index (χ4v) is 2.29. The second kappa shape index (κ2) is 4.80. The minimum Gasteiger partial charge on any atom is -0.493 e. The highest BCUT2D eigenvalue weighted by molar-refractivity contribution is 5.78. The van der Waals surface area contributed by atoms with Crippen LogP contribution in [0.4, 0.5) is 0 Å². The van der Waals surface area contributed by atoms with Gasteiger partial charge in [0.25, 0.3) is 0 Å². The van der Waals surface area contributed by atoms with Crippen LogP contribution in [-0.4, -0.2) is 19.7 Å². The molecular weight excluding hydrogens is 214 g/mol. The van der Waals surface area contributed by atoms with E-state index in [1.165, 1.54) is 12.8 Å². The highest BCUT2D eigenvalue weighted by Crippen LogP contribution is 2.22. The molecule has 0 unspecified atom stereocenters. The number of piperidine rings is 1. The van der Waals surface area contributed by atoms with E-state index in [1.54, 1.807) is 6.26 Å².